The Morgan fingerprint density at radius 3 is 2.53 bits per heavy atom. The van der Waals surface area contributed by atoms with Crippen LogP contribution in [0.4, 0.5) is 5.69 Å². The summed E-state index contributed by atoms with van der Waals surface area (Å²) in [5, 5.41) is 3.25. The van der Waals surface area contributed by atoms with Gasteiger partial charge in [0.25, 0.3) is 5.01 Å². The number of thiazole rings is 1. The number of anilines is 1. The Morgan fingerprint density at radius 1 is 0.971 bits per heavy atom. The van der Waals surface area contributed by atoms with Gasteiger partial charge in [0.2, 0.25) is 5.52 Å². The summed E-state index contributed by atoms with van der Waals surface area (Å²) in [5.74, 6) is 0. The highest BCUT2D eigenvalue weighted by atomic mass is 35.5. The summed E-state index contributed by atoms with van der Waals surface area (Å²) in [5.41, 5.74) is 4.86. The monoisotopic (exact) mass is 501 g/mol. The van der Waals surface area contributed by atoms with Gasteiger partial charge in [0.05, 0.1) is 10.7 Å². The lowest BCUT2D eigenvalue weighted by molar-refractivity contribution is -0.665. The number of aromatic nitrogens is 1. The van der Waals surface area contributed by atoms with Crippen molar-refractivity contribution in [2.75, 3.05) is 11.4 Å². The quantitative estimate of drug-likeness (QED) is 0.193. The molecule has 5 heteroatoms. The van der Waals surface area contributed by atoms with Crippen molar-refractivity contribution >= 4 is 62.8 Å². The predicted octanol–water partition coefficient (Wildman–Crippen LogP) is 8.43. The molecule has 1 aromatic heterocycles. The first-order chi connectivity index (χ1) is 16.7. The molecular formula is C29H26ClN2S2+. The average molecular weight is 502 g/mol. The molecule has 170 valence electrons. The molecule has 0 N–H and O–H groups in total. The third-order valence-electron chi connectivity index (χ3n) is 5.82. The van der Waals surface area contributed by atoms with Gasteiger partial charge in [-0.15, -0.1) is 0 Å². The van der Waals surface area contributed by atoms with Gasteiger partial charge in [-0.05, 0) is 61.4 Å². The number of rotatable bonds is 6. The molecule has 5 rings (SSSR count). The van der Waals surface area contributed by atoms with Crippen molar-refractivity contribution in [3.8, 4) is 0 Å². The Labute approximate surface area is 214 Å². The summed E-state index contributed by atoms with van der Waals surface area (Å²) in [6, 6.07) is 25.2. The van der Waals surface area contributed by atoms with Crippen molar-refractivity contribution in [2.24, 2.45) is 0 Å². The lowest BCUT2D eigenvalue weighted by Gasteiger charge is -2.18. The minimum Gasteiger partial charge on any atom is -0.335 e. The van der Waals surface area contributed by atoms with Crippen molar-refractivity contribution in [1.82, 2.24) is 0 Å². The molecule has 2 heterocycles. The maximum Gasteiger partial charge on any atom is 0.263 e. The van der Waals surface area contributed by atoms with Crippen LogP contribution in [0.25, 0.3) is 22.4 Å². The largest absolute Gasteiger partial charge is 0.335 e. The van der Waals surface area contributed by atoms with Crippen molar-refractivity contribution in [1.29, 1.82) is 0 Å². The number of para-hydroxylation sites is 2. The van der Waals surface area contributed by atoms with Crippen molar-refractivity contribution in [3.63, 3.8) is 0 Å². The smallest absolute Gasteiger partial charge is 0.263 e. The van der Waals surface area contributed by atoms with Gasteiger partial charge in [0.15, 0.2) is 0 Å². The molecule has 2 nitrogen and oxygen atoms in total. The van der Waals surface area contributed by atoms with E-state index in [-0.39, 0.29) is 0 Å². The van der Waals surface area contributed by atoms with Crippen LogP contribution in [-0.2, 0) is 6.54 Å². The highest BCUT2D eigenvalue weighted by Gasteiger charge is 2.24. The van der Waals surface area contributed by atoms with E-state index in [0.29, 0.717) is 0 Å². The molecule has 1 aliphatic heterocycles. The number of fused-ring (bicyclic) bond motifs is 2. The first kappa shape index (κ1) is 23.0. The number of halogens is 1. The third kappa shape index (κ3) is 4.72. The lowest BCUT2D eigenvalue weighted by atomic mass is 10.1. The number of aryl methyl sites for hydroxylation is 1. The van der Waals surface area contributed by atoms with E-state index in [4.69, 9.17) is 11.6 Å². The zero-order valence-electron chi connectivity index (χ0n) is 19.2. The van der Waals surface area contributed by atoms with Gasteiger partial charge < -0.3 is 4.90 Å². The minimum atomic E-state index is 0.753. The van der Waals surface area contributed by atoms with E-state index in [0.717, 1.165) is 29.2 Å². The first-order valence-corrected chi connectivity index (χ1v) is 13.5. The van der Waals surface area contributed by atoms with E-state index in [1.165, 1.54) is 30.8 Å². The Hall–Kier alpha value is -2.79. The summed E-state index contributed by atoms with van der Waals surface area (Å²) in [6.45, 7) is 6.28. The molecule has 0 amide bonds. The van der Waals surface area contributed by atoms with Gasteiger partial charge in [-0.25, -0.2) is 0 Å². The standard InChI is InChI=1S/C29H26ClN2S2/c1-3-31-24-9-5-7-11-26(24)33-28(31)19-22(14-13-21-15-17-23(30)18-16-21)20-29-32(4-2)25-10-6-8-12-27(25)34-29/h5-20H,3-4H2,1-2H3/q+1/b14-13+. The van der Waals surface area contributed by atoms with Crippen LogP contribution in [0.15, 0.2) is 100 Å². The number of nitrogens with zero attached hydrogens (tertiary/aromatic N) is 2. The van der Waals surface area contributed by atoms with Crippen LogP contribution >= 0.6 is 34.7 Å². The van der Waals surface area contributed by atoms with Crippen LogP contribution in [0.2, 0.25) is 5.02 Å². The van der Waals surface area contributed by atoms with Crippen LogP contribution in [0, 0.1) is 0 Å². The van der Waals surface area contributed by atoms with Crippen molar-refractivity contribution in [3.05, 3.63) is 111 Å². The fraction of sp³-hybridized carbons (Fsp3) is 0.138. The maximum absolute atomic E-state index is 6.09. The van der Waals surface area contributed by atoms with Gasteiger partial charge in [0, 0.05) is 28.6 Å². The van der Waals surface area contributed by atoms with E-state index in [9.17, 15) is 0 Å². The number of allylic oxidation sites excluding steroid dienone is 3. The molecule has 0 unspecified atom stereocenters. The van der Waals surface area contributed by atoms with E-state index in [2.05, 4.69) is 96.1 Å². The lowest BCUT2D eigenvalue weighted by Crippen LogP contribution is -2.33. The van der Waals surface area contributed by atoms with E-state index >= 15 is 0 Å². The molecule has 0 fully saturated rings. The summed E-state index contributed by atoms with van der Waals surface area (Å²) < 4.78 is 3.70. The fourth-order valence-corrected chi connectivity index (χ4v) is 6.66. The van der Waals surface area contributed by atoms with Gasteiger partial charge in [-0.3, -0.25) is 0 Å². The van der Waals surface area contributed by atoms with E-state index in [1.54, 1.807) is 0 Å². The second-order valence-electron chi connectivity index (χ2n) is 7.98. The van der Waals surface area contributed by atoms with Gasteiger partial charge >= 0.3 is 0 Å². The highest BCUT2D eigenvalue weighted by molar-refractivity contribution is 8.03. The highest BCUT2D eigenvalue weighted by Crippen LogP contribution is 2.46. The molecule has 34 heavy (non-hydrogen) atoms. The Kier molecular flexibility index (Phi) is 6.91. The molecular weight excluding hydrogens is 476 g/mol. The average Bonchev–Trinajstić information content (AvgIpc) is 3.40. The summed E-state index contributed by atoms with van der Waals surface area (Å²) in [4.78, 5) is 3.70. The van der Waals surface area contributed by atoms with E-state index in [1.807, 2.05) is 47.4 Å². The molecule has 1 aliphatic rings. The van der Waals surface area contributed by atoms with Crippen LogP contribution in [0.1, 0.15) is 24.4 Å². The molecule has 0 radical (unpaired) electrons. The minimum absolute atomic E-state index is 0.753. The van der Waals surface area contributed by atoms with Crippen LogP contribution < -0.4 is 9.47 Å². The van der Waals surface area contributed by atoms with Crippen molar-refractivity contribution < 1.29 is 4.57 Å². The van der Waals surface area contributed by atoms with Crippen LogP contribution in [-0.4, -0.2) is 6.54 Å². The Morgan fingerprint density at radius 2 is 1.74 bits per heavy atom. The van der Waals surface area contributed by atoms with Gasteiger partial charge in [-0.1, -0.05) is 83.2 Å². The molecule has 3 aromatic carbocycles. The number of thioether (sulfide) groups is 1. The second-order valence-corrected chi connectivity index (χ2v) is 10.5. The molecule has 0 spiro atoms. The molecule has 0 aliphatic carbocycles. The summed E-state index contributed by atoms with van der Waals surface area (Å²) in [7, 11) is 0. The van der Waals surface area contributed by atoms with Crippen molar-refractivity contribution in [2.45, 2.75) is 25.3 Å². The Balaban J connectivity index is 1.60. The van der Waals surface area contributed by atoms with Gasteiger partial charge in [-0.2, -0.15) is 4.57 Å². The zero-order valence-corrected chi connectivity index (χ0v) is 21.6. The molecule has 0 saturated carbocycles. The molecule has 0 atom stereocenters. The topological polar surface area (TPSA) is 7.12 Å². The predicted molar refractivity (Wildman–Crippen MR) is 150 cm³/mol. The number of hydrogen-bond donors (Lipinski definition) is 0. The molecule has 0 saturated heterocycles. The number of hydrogen-bond acceptors (Lipinski definition) is 3. The first-order valence-electron chi connectivity index (χ1n) is 11.5. The third-order valence-corrected chi connectivity index (χ3v) is 8.30. The van der Waals surface area contributed by atoms with Gasteiger partial charge in [0.1, 0.15) is 11.2 Å². The summed E-state index contributed by atoms with van der Waals surface area (Å²) >= 11 is 9.76. The maximum atomic E-state index is 6.09. The number of benzene rings is 3. The van der Waals surface area contributed by atoms with E-state index < -0.39 is 0 Å². The Bertz CT molecular complexity index is 1410. The summed E-state index contributed by atoms with van der Waals surface area (Å²) in [6.07, 6.45) is 8.99. The van der Waals surface area contributed by atoms with Crippen LogP contribution in [0.3, 0.4) is 0 Å². The zero-order chi connectivity index (χ0) is 23.5. The SMILES string of the molecule is CCN1/C(=C/C(=C\c2sc3ccccc3[n+]2CC)/C=C/c2ccc(Cl)cc2)Sc2ccccc21. The second kappa shape index (κ2) is 10.2. The van der Waals surface area contributed by atoms with Crippen LogP contribution in [0.5, 0.6) is 0 Å². The fourth-order valence-electron chi connectivity index (χ4n) is 4.16. The molecule has 0 bridgehead atoms. The normalized spacial score (nSPS) is 15.1. The molecule has 4 aromatic rings.